The zero-order valence-electron chi connectivity index (χ0n) is 16.6. The molecule has 1 amide bonds. The van der Waals surface area contributed by atoms with Gasteiger partial charge in [0.25, 0.3) is 5.91 Å². The van der Waals surface area contributed by atoms with Gasteiger partial charge in [-0.15, -0.1) is 11.3 Å². The summed E-state index contributed by atoms with van der Waals surface area (Å²) in [6.07, 6.45) is 6.37. The van der Waals surface area contributed by atoms with Crippen molar-refractivity contribution in [2.75, 3.05) is 32.9 Å². The van der Waals surface area contributed by atoms with E-state index in [0.717, 1.165) is 27.6 Å². The minimum Gasteiger partial charge on any atom is -0.483 e. The Labute approximate surface area is 183 Å². The van der Waals surface area contributed by atoms with Crippen molar-refractivity contribution < 1.29 is 14.3 Å². The van der Waals surface area contributed by atoms with Crippen LogP contribution in [0.3, 0.4) is 0 Å². The maximum absolute atomic E-state index is 12.5. The van der Waals surface area contributed by atoms with E-state index >= 15 is 0 Å². The molecule has 0 saturated carbocycles. The van der Waals surface area contributed by atoms with E-state index in [1.807, 2.05) is 24.3 Å². The lowest BCUT2D eigenvalue weighted by Gasteiger charge is -2.26. The van der Waals surface area contributed by atoms with Crippen molar-refractivity contribution in [1.29, 1.82) is 0 Å². The number of hydrogen-bond donors (Lipinski definition) is 0. The predicted octanol–water partition coefficient (Wildman–Crippen LogP) is 3.96. The molecule has 3 aromatic rings. The average Bonchev–Trinajstić information content (AvgIpc) is 3.18. The molecular formula is C22H23N3O3S2. The summed E-state index contributed by atoms with van der Waals surface area (Å²) in [5.41, 5.74) is 1.42. The van der Waals surface area contributed by atoms with Gasteiger partial charge in [0.05, 0.1) is 18.1 Å². The molecule has 1 aromatic carbocycles. The number of morpholine rings is 1. The molecule has 2 aliphatic rings. The Kier molecular flexibility index (Phi) is 5.88. The van der Waals surface area contributed by atoms with E-state index < -0.39 is 0 Å². The number of fused-ring (bicyclic) bond motifs is 3. The number of thiophene rings is 1. The molecule has 0 N–H and O–H groups in total. The molecule has 0 radical (unpaired) electrons. The molecule has 0 atom stereocenters. The van der Waals surface area contributed by atoms with Crippen molar-refractivity contribution in [1.82, 2.24) is 14.9 Å². The highest BCUT2D eigenvalue weighted by Crippen LogP contribution is 2.42. The van der Waals surface area contributed by atoms with Crippen LogP contribution >= 0.6 is 23.1 Å². The van der Waals surface area contributed by atoms with Crippen LogP contribution in [0.5, 0.6) is 5.75 Å². The third kappa shape index (κ3) is 4.04. The summed E-state index contributed by atoms with van der Waals surface area (Å²) < 4.78 is 11.3. The van der Waals surface area contributed by atoms with Gasteiger partial charge >= 0.3 is 0 Å². The number of carbonyl (C=O) groups excluding carboxylic acids is 1. The number of aromatic nitrogens is 2. The first-order valence-corrected chi connectivity index (χ1v) is 11.9. The number of benzene rings is 1. The van der Waals surface area contributed by atoms with E-state index in [1.54, 1.807) is 34.3 Å². The zero-order valence-corrected chi connectivity index (χ0v) is 18.3. The number of ether oxygens (including phenoxy) is 2. The van der Waals surface area contributed by atoms with Gasteiger partial charge in [-0.3, -0.25) is 4.79 Å². The largest absolute Gasteiger partial charge is 0.483 e. The van der Waals surface area contributed by atoms with Crippen LogP contribution in [-0.4, -0.2) is 53.7 Å². The molecule has 0 unspecified atom stereocenters. The highest BCUT2D eigenvalue weighted by Gasteiger charge is 2.22. The summed E-state index contributed by atoms with van der Waals surface area (Å²) in [6.45, 7) is 2.46. The average molecular weight is 442 g/mol. The van der Waals surface area contributed by atoms with Gasteiger partial charge in [0.1, 0.15) is 21.9 Å². The zero-order chi connectivity index (χ0) is 20.3. The monoisotopic (exact) mass is 441 g/mol. The van der Waals surface area contributed by atoms with Gasteiger partial charge in [0.15, 0.2) is 6.61 Å². The van der Waals surface area contributed by atoms with Gasteiger partial charge in [0.2, 0.25) is 0 Å². The lowest BCUT2D eigenvalue weighted by atomic mass is 9.97. The lowest BCUT2D eigenvalue weighted by Crippen LogP contribution is -2.43. The summed E-state index contributed by atoms with van der Waals surface area (Å²) in [5.74, 6) is 0.703. The first kappa shape index (κ1) is 19.8. The Bertz CT molecular complexity index is 1060. The molecule has 30 heavy (non-hydrogen) atoms. The second-order valence-electron chi connectivity index (χ2n) is 7.40. The number of carbonyl (C=O) groups is 1. The normalized spacial score (nSPS) is 16.5. The van der Waals surface area contributed by atoms with E-state index in [0.29, 0.717) is 32.1 Å². The molecule has 1 saturated heterocycles. The fourth-order valence-corrected chi connectivity index (χ4v) is 6.24. The third-order valence-electron chi connectivity index (χ3n) is 5.49. The molecule has 6 nitrogen and oxygen atoms in total. The maximum Gasteiger partial charge on any atom is 0.260 e. The van der Waals surface area contributed by atoms with Gasteiger partial charge in [-0.2, -0.15) is 0 Å². The molecule has 0 bridgehead atoms. The molecular weight excluding hydrogens is 418 g/mol. The molecule has 1 aliphatic carbocycles. The van der Waals surface area contributed by atoms with Crippen molar-refractivity contribution in [3.05, 3.63) is 41.0 Å². The Morgan fingerprint density at radius 2 is 2.00 bits per heavy atom. The Balaban J connectivity index is 1.37. The summed E-state index contributed by atoms with van der Waals surface area (Å²) in [5, 5.41) is 2.16. The Morgan fingerprint density at radius 1 is 1.17 bits per heavy atom. The molecule has 5 rings (SSSR count). The van der Waals surface area contributed by atoms with Crippen LogP contribution in [-0.2, 0) is 22.4 Å². The molecule has 156 valence electrons. The number of hydrogen-bond acceptors (Lipinski definition) is 7. The molecule has 1 aliphatic heterocycles. The molecule has 1 fully saturated rings. The smallest absolute Gasteiger partial charge is 0.260 e. The standard InChI is InChI=1S/C22H23N3O3S2/c26-19(25-9-11-27-12-10-25)13-28-16-6-2-4-8-18(16)30-22-20-15-5-1-3-7-17(15)29-21(20)23-14-24-22/h2,4,6,8,14H,1,3,5,7,9-13H2. The third-order valence-corrected chi connectivity index (χ3v) is 7.75. The minimum atomic E-state index is -0.00515. The van der Waals surface area contributed by atoms with Crippen LogP contribution < -0.4 is 4.74 Å². The summed E-state index contributed by atoms with van der Waals surface area (Å²) >= 11 is 3.40. The first-order chi connectivity index (χ1) is 14.8. The number of nitrogens with zero attached hydrogens (tertiary/aromatic N) is 3. The van der Waals surface area contributed by atoms with Crippen molar-refractivity contribution in [2.24, 2.45) is 0 Å². The topological polar surface area (TPSA) is 64.5 Å². The van der Waals surface area contributed by atoms with Crippen LogP contribution in [0.2, 0.25) is 0 Å². The van der Waals surface area contributed by atoms with Crippen LogP contribution in [0.1, 0.15) is 23.3 Å². The quantitative estimate of drug-likeness (QED) is 0.559. The molecule has 8 heteroatoms. The Morgan fingerprint density at radius 3 is 2.90 bits per heavy atom. The van der Waals surface area contributed by atoms with Crippen LogP contribution in [0.25, 0.3) is 10.2 Å². The van der Waals surface area contributed by atoms with Gasteiger partial charge < -0.3 is 14.4 Å². The summed E-state index contributed by atoms with van der Waals surface area (Å²) in [4.78, 5) is 26.9. The summed E-state index contributed by atoms with van der Waals surface area (Å²) in [7, 11) is 0. The van der Waals surface area contributed by atoms with Crippen molar-refractivity contribution in [3.63, 3.8) is 0 Å². The fraction of sp³-hybridized carbons (Fsp3) is 0.409. The van der Waals surface area contributed by atoms with Crippen molar-refractivity contribution in [3.8, 4) is 5.75 Å². The number of para-hydroxylation sites is 1. The highest BCUT2D eigenvalue weighted by molar-refractivity contribution is 7.99. The lowest BCUT2D eigenvalue weighted by molar-refractivity contribution is -0.137. The van der Waals surface area contributed by atoms with Crippen molar-refractivity contribution in [2.45, 2.75) is 35.6 Å². The van der Waals surface area contributed by atoms with E-state index in [2.05, 4.69) is 9.97 Å². The van der Waals surface area contributed by atoms with Gasteiger partial charge in [-0.05, 0) is 43.4 Å². The maximum atomic E-state index is 12.5. The highest BCUT2D eigenvalue weighted by atomic mass is 32.2. The van der Waals surface area contributed by atoms with Crippen LogP contribution in [0, 0.1) is 0 Å². The van der Waals surface area contributed by atoms with E-state index in [-0.39, 0.29) is 12.5 Å². The molecule has 2 aromatic heterocycles. The number of rotatable bonds is 5. The molecule has 3 heterocycles. The van der Waals surface area contributed by atoms with E-state index in [1.165, 1.54) is 28.7 Å². The Hall–Kier alpha value is -2.16. The predicted molar refractivity (Wildman–Crippen MR) is 118 cm³/mol. The van der Waals surface area contributed by atoms with Gasteiger partial charge in [0, 0.05) is 23.4 Å². The van der Waals surface area contributed by atoms with E-state index in [4.69, 9.17) is 9.47 Å². The second-order valence-corrected chi connectivity index (χ2v) is 9.51. The fourth-order valence-electron chi connectivity index (χ4n) is 3.94. The van der Waals surface area contributed by atoms with Crippen molar-refractivity contribution >= 4 is 39.2 Å². The number of aryl methyl sites for hydroxylation is 2. The van der Waals surface area contributed by atoms with Crippen LogP contribution in [0.4, 0.5) is 0 Å². The van der Waals surface area contributed by atoms with Gasteiger partial charge in [-0.1, -0.05) is 23.9 Å². The summed E-state index contributed by atoms with van der Waals surface area (Å²) in [6, 6.07) is 7.85. The molecule has 0 spiro atoms. The SMILES string of the molecule is O=C(COc1ccccc1Sc1ncnc2sc3c(c12)CCCC3)N1CCOCC1. The van der Waals surface area contributed by atoms with Crippen LogP contribution in [0.15, 0.2) is 40.5 Å². The minimum absolute atomic E-state index is 0.00515. The number of amides is 1. The van der Waals surface area contributed by atoms with Gasteiger partial charge in [-0.25, -0.2) is 9.97 Å². The van der Waals surface area contributed by atoms with E-state index in [9.17, 15) is 4.79 Å². The second kappa shape index (κ2) is 8.91. The first-order valence-electron chi connectivity index (χ1n) is 10.3.